The first-order valence-electron chi connectivity index (χ1n) is 9.17. The molecule has 144 valence electrons. The van der Waals surface area contributed by atoms with Gasteiger partial charge in [0.2, 0.25) is 0 Å². The van der Waals surface area contributed by atoms with Crippen LogP contribution < -0.4 is 4.84 Å². The molecule has 1 aromatic carbocycles. The summed E-state index contributed by atoms with van der Waals surface area (Å²) in [5.41, 5.74) is 0.416. The number of nitrogens with zero attached hydrogens (tertiary/aromatic N) is 3. The fraction of sp³-hybridized carbons (Fsp3) is 0.550. The van der Waals surface area contributed by atoms with Gasteiger partial charge in [0.05, 0.1) is 11.9 Å². The molecule has 0 amide bonds. The number of aliphatic hydroxyl groups is 1. The predicted molar refractivity (Wildman–Crippen MR) is 106 cm³/mol. The zero-order chi connectivity index (χ0) is 19.2. The lowest BCUT2D eigenvalue weighted by Crippen LogP contribution is -2.32. The largest absolute Gasteiger partial charge is 0.416 e. The van der Waals surface area contributed by atoms with Crippen molar-refractivity contribution in [1.29, 1.82) is 0 Å². The van der Waals surface area contributed by atoms with Crippen molar-refractivity contribution in [2.24, 2.45) is 0 Å². The Labute approximate surface area is 161 Å². The molecule has 2 rings (SSSR count). The van der Waals surface area contributed by atoms with E-state index in [-0.39, 0.29) is 0 Å². The van der Waals surface area contributed by atoms with E-state index in [4.69, 9.17) is 21.4 Å². The van der Waals surface area contributed by atoms with Crippen LogP contribution in [0.1, 0.15) is 49.7 Å². The van der Waals surface area contributed by atoms with Crippen molar-refractivity contribution < 1.29 is 9.94 Å². The minimum Gasteiger partial charge on any atom is -0.416 e. The van der Waals surface area contributed by atoms with Crippen LogP contribution in [0, 0.1) is 0 Å². The molecule has 0 saturated carbocycles. The van der Waals surface area contributed by atoms with E-state index in [1.54, 1.807) is 24.0 Å². The summed E-state index contributed by atoms with van der Waals surface area (Å²) in [6.45, 7) is 3.09. The van der Waals surface area contributed by atoms with Gasteiger partial charge in [0, 0.05) is 5.02 Å². The van der Waals surface area contributed by atoms with Gasteiger partial charge >= 0.3 is 0 Å². The Morgan fingerprint density at radius 3 is 2.69 bits per heavy atom. The standard InChI is InChI=1S/C20H30ClN3O2/c1-5-6-12-20(25,16-9-7-10-17(21)14-16)19-22-18(15-24(19)26-4)11-8-13-23(2)3/h7,9-10,14-15,25H,5-6,8,11-13H2,1-4H3. The normalized spacial score (nSPS) is 13.8. The second kappa shape index (κ2) is 9.40. The van der Waals surface area contributed by atoms with Crippen molar-refractivity contribution in [1.82, 2.24) is 14.6 Å². The number of halogens is 1. The number of aryl methyl sites for hydroxylation is 1. The summed E-state index contributed by atoms with van der Waals surface area (Å²) >= 11 is 6.18. The maximum Gasteiger partial charge on any atom is 0.181 e. The minimum atomic E-state index is -1.24. The number of hydrogen-bond acceptors (Lipinski definition) is 4. The molecule has 1 aromatic heterocycles. The van der Waals surface area contributed by atoms with E-state index in [2.05, 4.69) is 25.9 Å². The highest BCUT2D eigenvalue weighted by Gasteiger charge is 2.37. The molecule has 0 fully saturated rings. The fourth-order valence-electron chi connectivity index (χ4n) is 3.09. The Kier molecular flexibility index (Phi) is 7.50. The summed E-state index contributed by atoms with van der Waals surface area (Å²) in [5, 5.41) is 12.2. The highest BCUT2D eigenvalue weighted by atomic mass is 35.5. The molecule has 1 heterocycles. The van der Waals surface area contributed by atoms with Gasteiger partial charge in [-0.25, -0.2) is 4.98 Å². The smallest absolute Gasteiger partial charge is 0.181 e. The van der Waals surface area contributed by atoms with Crippen molar-refractivity contribution in [3.63, 3.8) is 0 Å². The predicted octanol–water partition coefficient (Wildman–Crippen LogP) is 3.52. The van der Waals surface area contributed by atoms with Crippen molar-refractivity contribution in [2.75, 3.05) is 27.7 Å². The Balaban J connectivity index is 2.39. The summed E-state index contributed by atoms with van der Waals surface area (Å²) in [6, 6.07) is 7.35. The Morgan fingerprint density at radius 1 is 1.31 bits per heavy atom. The quantitative estimate of drug-likeness (QED) is 0.686. The van der Waals surface area contributed by atoms with Gasteiger partial charge in [0.1, 0.15) is 7.11 Å². The molecule has 0 radical (unpaired) electrons. The van der Waals surface area contributed by atoms with Crippen LogP contribution >= 0.6 is 11.6 Å². The van der Waals surface area contributed by atoms with E-state index >= 15 is 0 Å². The summed E-state index contributed by atoms with van der Waals surface area (Å²) in [7, 11) is 5.71. The van der Waals surface area contributed by atoms with E-state index < -0.39 is 5.60 Å². The van der Waals surface area contributed by atoms with Gasteiger partial charge in [-0.3, -0.25) is 0 Å². The van der Waals surface area contributed by atoms with Gasteiger partial charge in [-0.15, -0.1) is 0 Å². The molecule has 0 spiro atoms. The van der Waals surface area contributed by atoms with Crippen LogP contribution in [0.5, 0.6) is 0 Å². The molecular weight excluding hydrogens is 350 g/mol. The summed E-state index contributed by atoms with van der Waals surface area (Å²) in [6.07, 6.45) is 6.11. The molecule has 1 unspecified atom stereocenters. The third kappa shape index (κ3) is 5.00. The topological polar surface area (TPSA) is 50.5 Å². The number of imidazole rings is 1. The van der Waals surface area contributed by atoms with E-state index in [9.17, 15) is 5.11 Å². The van der Waals surface area contributed by atoms with Crippen molar-refractivity contribution in [3.8, 4) is 0 Å². The Morgan fingerprint density at radius 2 is 2.08 bits per heavy atom. The number of benzene rings is 1. The van der Waals surface area contributed by atoms with Gasteiger partial charge in [0.25, 0.3) is 0 Å². The highest BCUT2D eigenvalue weighted by Crippen LogP contribution is 2.35. The molecule has 0 saturated heterocycles. The molecule has 1 N–H and O–H groups in total. The van der Waals surface area contributed by atoms with E-state index in [0.29, 0.717) is 17.3 Å². The van der Waals surface area contributed by atoms with Crippen molar-refractivity contribution in [2.45, 2.75) is 44.6 Å². The zero-order valence-corrected chi connectivity index (χ0v) is 17.0. The molecule has 2 aromatic rings. The van der Waals surface area contributed by atoms with Crippen LogP contribution in [0.15, 0.2) is 30.5 Å². The Bertz CT molecular complexity index is 702. The van der Waals surface area contributed by atoms with Gasteiger partial charge in [-0.2, -0.15) is 4.73 Å². The first kappa shape index (κ1) is 20.7. The monoisotopic (exact) mass is 379 g/mol. The first-order valence-corrected chi connectivity index (χ1v) is 9.55. The van der Waals surface area contributed by atoms with Gasteiger partial charge < -0.3 is 14.8 Å². The van der Waals surface area contributed by atoms with Crippen molar-refractivity contribution in [3.05, 3.63) is 52.6 Å². The fourth-order valence-corrected chi connectivity index (χ4v) is 3.28. The number of hydrogen-bond donors (Lipinski definition) is 1. The molecule has 5 nitrogen and oxygen atoms in total. The number of aromatic nitrogens is 2. The molecule has 26 heavy (non-hydrogen) atoms. The average Bonchev–Trinajstić information content (AvgIpc) is 3.03. The minimum absolute atomic E-state index is 0.510. The highest BCUT2D eigenvalue weighted by molar-refractivity contribution is 6.30. The maximum absolute atomic E-state index is 11.6. The molecule has 0 aliphatic carbocycles. The molecule has 6 heteroatoms. The van der Waals surface area contributed by atoms with Gasteiger partial charge in [-0.05, 0) is 57.6 Å². The average molecular weight is 380 g/mol. The first-order chi connectivity index (χ1) is 12.4. The van der Waals surface area contributed by atoms with Crippen LogP contribution in [0.2, 0.25) is 5.02 Å². The SMILES string of the molecule is CCCCC(O)(c1cccc(Cl)c1)c1nc(CCCN(C)C)cn1OC. The summed E-state index contributed by atoms with van der Waals surface area (Å²) in [4.78, 5) is 12.4. The lowest BCUT2D eigenvalue weighted by molar-refractivity contribution is 0.0308. The van der Waals surface area contributed by atoms with E-state index in [1.807, 2.05) is 18.3 Å². The third-order valence-electron chi connectivity index (χ3n) is 4.52. The molecule has 0 aliphatic rings. The lowest BCUT2D eigenvalue weighted by atomic mass is 9.87. The molecule has 0 aliphatic heterocycles. The van der Waals surface area contributed by atoms with Crippen LogP contribution in [0.4, 0.5) is 0 Å². The second-order valence-corrected chi connectivity index (χ2v) is 7.38. The van der Waals surface area contributed by atoms with Crippen molar-refractivity contribution >= 4 is 11.6 Å². The second-order valence-electron chi connectivity index (χ2n) is 6.95. The lowest BCUT2D eigenvalue weighted by Gasteiger charge is -2.28. The summed E-state index contributed by atoms with van der Waals surface area (Å²) in [5.74, 6) is 0.510. The zero-order valence-electron chi connectivity index (χ0n) is 16.2. The summed E-state index contributed by atoms with van der Waals surface area (Å²) < 4.78 is 1.58. The number of unbranched alkanes of at least 4 members (excludes halogenated alkanes) is 1. The van der Waals surface area contributed by atoms with E-state index in [0.717, 1.165) is 43.5 Å². The number of rotatable bonds is 10. The Hall–Kier alpha value is -1.56. The molecule has 1 atom stereocenters. The molecule has 0 bridgehead atoms. The van der Waals surface area contributed by atoms with Crippen LogP contribution in [0.25, 0.3) is 0 Å². The maximum atomic E-state index is 11.6. The van der Waals surface area contributed by atoms with Gasteiger partial charge in [-0.1, -0.05) is 43.5 Å². The van der Waals surface area contributed by atoms with Crippen LogP contribution in [-0.4, -0.2) is 47.5 Å². The molecular formula is C20H30ClN3O2. The van der Waals surface area contributed by atoms with E-state index in [1.165, 1.54) is 0 Å². The van der Waals surface area contributed by atoms with Crippen LogP contribution in [0.3, 0.4) is 0 Å². The van der Waals surface area contributed by atoms with Crippen LogP contribution in [-0.2, 0) is 12.0 Å². The third-order valence-corrected chi connectivity index (χ3v) is 4.76. The van der Waals surface area contributed by atoms with Gasteiger partial charge in [0.15, 0.2) is 11.4 Å².